The minimum atomic E-state index is -0.876. The van der Waals surface area contributed by atoms with Crippen LogP contribution in [0.1, 0.15) is 38.3 Å². The molecule has 20 heavy (non-hydrogen) atoms. The van der Waals surface area contributed by atoms with Crippen LogP contribution in [0.2, 0.25) is 0 Å². The average molecular weight is 278 g/mol. The number of fused-ring (bicyclic) bond motifs is 1. The molecule has 0 radical (unpaired) electrons. The Morgan fingerprint density at radius 3 is 2.95 bits per heavy atom. The van der Waals surface area contributed by atoms with Crippen molar-refractivity contribution in [2.75, 3.05) is 6.54 Å². The summed E-state index contributed by atoms with van der Waals surface area (Å²) in [5.41, 5.74) is -0.236. The van der Waals surface area contributed by atoms with Crippen LogP contribution in [-0.4, -0.2) is 34.2 Å². The normalized spacial score (nSPS) is 28.1. The summed E-state index contributed by atoms with van der Waals surface area (Å²) in [5, 5.41) is 22.1. The topological polar surface area (TPSA) is 76.7 Å². The monoisotopic (exact) mass is 278 g/mol. The summed E-state index contributed by atoms with van der Waals surface area (Å²) in [5.74, 6) is 0.566. The smallest absolute Gasteiger partial charge is 0.223 e. The van der Waals surface area contributed by atoms with E-state index in [0.717, 1.165) is 6.42 Å². The van der Waals surface area contributed by atoms with Gasteiger partial charge < -0.3 is 20.0 Å². The molecule has 3 rings (SSSR count). The maximum absolute atomic E-state index is 12.0. The third-order valence-corrected chi connectivity index (χ3v) is 4.07. The van der Waals surface area contributed by atoms with Gasteiger partial charge in [-0.15, -0.1) is 0 Å². The van der Waals surface area contributed by atoms with Crippen molar-refractivity contribution >= 4 is 5.91 Å². The van der Waals surface area contributed by atoms with E-state index in [1.807, 2.05) is 0 Å². The molecule has 1 amide bonds. The Balaban J connectivity index is 2.10. The second-order valence-corrected chi connectivity index (χ2v) is 5.91. The van der Waals surface area contributed by atoms with E-state index in [1.165, 1.54) is 12.4 Å². The maximum Gasteiger partial charge on any atom is 0.223 e. The van der Waals surface area contributed by atoms with Gasteiger partial charge >= 0.3 is 0 Å². The zero-order valence-electron chi connectivity index (χ0n) is 11.6. The summed E-state index contributed by atoms with van der Waals surface area (Å²) in [6, 6.07) is 1.06. The van der Waals surface area contributed by atoms with Crippen molar-refractivity contribution in [3.8, 4) is 5.75 Å². The summed E-state index contributed by atoms with van der Waals surface area (Å²) in [4.78, 5) is 13.7. The van der Waals surface area contributed by atoms with Crippen molar-refractivity contribution in [3.63, 3.8) is 0 Å². The van der Waals surface area contributed by atoms with E-state index < -0.39 is 17.7 Å². The van der Waals surface area contributed by atoms with Crippen molar-refractivity contribution < 1.29 is 19.4 Å². The second-order valence-electron chi connectivity index (χ2n) is 5.91. The molecule has 0 saturated carbocycles. The van der Waals surface area contributed by atoms with Crippen LogP contribution in [0.5, 0.6) is 5.75 Å². The van der Waals surface area contributed by atoms with E-state index in [2.05, 4.69) is 0 Å². The van der Waals surface area contributed by atoms with Crippen LogP contribution >= 0.6 is 0 Å². The largest absolute Gasteiger partial charge is 0.619 e. The van der Waals surface area contributed by atoms with E-state index in [1.54, 1.807) is 24.8 Å². The summed E-state index contributed by atoms with van der Waals surface area (Å²) in [6.07, 6.45) is 3.13. The predicted molar refractivity (Wildman–Crippen MR) is 69.8 cm³/mol. The van der Waals surface area contributed by atoms with E-state index >= 15 is 0 Å². The first kappa shape index (κ1) is 13.2. The Morgan fingerprint density at radius 1 is 1.55 bits per heavy atom. The number of likely N-dealkylation sites (tertiary alicyclic amines) is 1. The molecule has 1 N–H and O–H groups in total. The molecule has 2 aliphatic rings. The van der Waals surface area contributed by atoms with Crippen LogP contribution in [0.4, 0.5) is 0 Å². The summed E-state index contributed by atoms with van der Waals surface area (Å²) >= 11 is 0. The zero-order chi connectivity index (χ0) is 14.5. The quantitative estimate of drug-likeness (QED) is 0.600. The molecule has 1 fully saturated rings. The SMILES string of the molecule is CC1(C)Oc2cc[n+]([O-])cc2[C@H](N2CCCC2=O)[C@H]1O. The molecule has 0 spiro atoms. The molecule has 1 aromatic heterocycles. The van der Waals surface area contributed by atoms with Crippen LogP contribution < -0.4 is 9.47 Å². The molecule has 0 bridgehead atoms. The molecule has 2 aliphatic heterocycles. The highest BCUT2D eigenvalue weighted by molar-refractivity contribution is 5.79. The molecule has 2 atom stereocenters. The Labute approximate surface area is 117 Å². The first-order valence-electron chi connectivity index (χ1n) is 6.79. The molecule has 0 unspecified atom stereocenters. The molecule has 3 heterocycles. The van der Waals surface area contributed by atoms with Crippen molar-refractivity contribution in [2.45, 2.75) is 44.4 Å². The number of amides is 1. The Morgan fingerprint density at radius 2 is 2.30 bits per heavy atom. The number of carbonyl (C=O) groups excluding carboxylic acids is 1. The van der Waals surface area contributed by atoms with E-state index in [9.17, 15) is 15.1 Å². The third-order valence-electron chi connectivity index (χ3n) is 4.07. The van der Waals surface area contributed by atoms with E-state index in [-0.39, 0.29) is 5.91 Å². The van der Waals surface area contributed by atoms with Gasteiger partial charge in [0.1, 0.15) is 17.5 Å². The molecular formula is C14H18N2O4. The first-order valence-corrected chi connectivity index (χ1v) is 6.79. The number of ether oxygens (including phenoxy) is 1. The first-order chi connectivity index (χ1) is 9.40. The van der Waals surface area contributed by atoms with Gasteiger partial charge in [0.05, 0.1) is 11.6 Å². The molecule has 0 aromatic carbocycles. The number of hydrogen-bond acceptors (Lipinski definition) is 4. The lowest BCUT2D eigenvalue weighted by molar-refractivity contribution is -0.606. The fraction of sp³-hybridized carbons (Fsp3) is 0.571. The lowest BCUT2D eigenvalue weighted by atomic mass is 9.86. The molecule has 6 nitrogen and oxygen atoms in total. The fourth-order valence-electron chi connectivity index (χ4n) is 2.99. The predicted octanol–water partition coefficient (Wildman–Crippen LogP) is 0.515. The Kier molecular flexibility index (Phi) is 2.86. The minimum Gasteiger partial charge on any atom is -0.619 e. The van der Waals surface area contributed by atoms with Gasteiger partial charge in [-0.05, 0) is 20.3 Å². The van der Waals surface area contributed by atoms with Crippen LogP contribution in [0.25, 0.3) is 0 Å². The maximum atomic E-state index is 12.0. The van der Waals surface area contributed by atoms with Crippen molar-refractivity contribution in [1.82, 2.24) is 4.90 Å². The number of aliphatic hydroxyl groups is 1. The van der Waals surface area contributed by atoms with E-state index in [0.29, 0.717) is 29.0 Å². The zero-order valence-corrected chi connectivity index (χ0v) is 11.6. The second kappa shape index (κ2) is 4.34. The number of hydrogen-bond donors (Lipinski definition) is 1. The lowest BCUT2D eigenvalue weighted by Crippen LogP contribution is -2.54. The Hall–Kier alpha value is -1.82. The standard InChI is InChI=1S/C14H18N2O4/c1-14(2)13(18)12(16-6-3-4-11(16)17)9-8-15(19)7-5-10(9)20-14/h5,7-8,12-13,18H,3-4,6H2,1-2H3/t12-,13+/m0/s1. The van der Waals surface area contributed by atoms with Crippen LogP contribution in [0, 0.1) is 5.21 Å². The van der Waals surface area contributed by atoms with E-state index in [4.69, 9.17) is 4.74 Å². The highest BCUT2D eigenvalue weighted by Gasteiger charge is 2.48. The fourth-order valence-corrected chi connectivity index (χ4v) is 2.99. The van der Waals surface area contributed by atoms with Crippen LogP contribution in [0.3, 0.4) is 0 Å². The summed E-state index contributed by atoms with van der Waals surface area (Å²) in [7, 11) is 0. The molecule has 6 heteroatoms. The van der Waals surface area contributed by atoms with Crippen molar-refractivity contribution in [3.05, 3.63) is 29.2 Å². The highest BCUT2D eigenvalue weighted by Crippen LogP contribution is 2.43. The lowest BCUT2D eigenvalue weighted by Gasteiger charge is -2.44. The highest BCUT2D eigenvalue weighted by atomic mass is 16.5. The van der Waals surface area contributed by atoms with Gasteiger partial charge in [0, 0.05) is 19.0 Å². The third kappa shape index (κ3) is 1.91. The molecule has 108 valence electrons. The van der Waals surface area contributed by atoms with Gasteiger partial charge in [-0.2, -0.15) is 4.73 Å². The minimum absolute atomic E-state index is 0.0130. The van der Waals surface area contributed by atoms with Crippen LogP contribution in [-0.2, 0) is 4.79 Å². The number of aromatic nitrogens is 1. The van der Waals surface area contributed by atoms with Gasteiger partial charge in [0.2, 0.25) is 5.91 Å². The van der Waals surface area contributed by atoms with Crippen molar-refractivity contribution in [2.24, 2.45) is 0 Å². The van der Waals surface area contributed by atoms with Gasteiger partial charge in [0.15, 0.2) is 12.4 Å². The number of carbonyl (C=O) groups is 1. The summed E-state index contributed by atoms with van der Waals surface area (Å²) in [6.45, 7) is 4.17. The molecule has 0 aliphatic carbocycles. The van der Waals surface area contributed by atoms with Crippen molar-refractivity contribution in [1.29, 1.82) is 0 Å². The van der Waals surface area contributed by atoms with Gasteiger partial charge in [-0.1, -0.05) is 0 Å². The number of rotatable bonds is 1. The van der Waals surface area contributed by atoms with Gasteiger partial charge in [-0.3, -0.25) is 4.79 Å². The molecule has 1 aromatic rings. The summed E-state index contributed by atoms with van der Waals surface area (Å²) < 4.78 is 6.44. The molecular weight excluding hydrogens is 260 g/mol. The number of aliphatic hydroxyl groups excluding tert-OH is 1. The number of pyridine rings is 1. The average Bonchev–Trinajstić information content (AvgIpc) is 2.78. The molecule has 1 saturated heterocycles. The Bertz CT molecular complexity index is 558. The van der Waals surface area contributed by atoms with Crippen LogP contribution in [0.15, 0.2) is 18.5 Å². The number of nitrogens with zero attached hydrogens (tertiary/aromatic N) is 2. The van der Waals surface area contributed by atoms with Gasteiger partial charge in [0.25, 0.3) is 0 Å². The van der Waals surface area contributed by atoms with Gasteiger partial charge in [-0.25, -0.2) is 0 Å².